The molecular formula is C27H31F5N6O3. The lowest BCUT2D eigenvalue weighted by Crippen LogP contribution is -2.26. The Kier molecular flexibility index (Phi) is 7.81. The normalized spacial score (nSPS) is 18.8. The lowest BCUT2D eigenvalue weighted by atomic mass is 9.96. The van der Waals surface area contributed by atoms with E-state index in [0.29, 0.717) is 32.7 Å². The molecule has 0 radical (unpaired) electrons. The maximum absolute atomic E-state index is 16.4. The molecule has 1 fully saturated rings. The van der Waals surface area contributed by atoms with Crippen molar-refractivity contribution in [3.8, 4) is 23.1 Å². The van der Waals surface area contributed by atoms with Crippen LogP contribution in [0.4, 0.5) is 33.5 Å². The summed E-state index contributed by atoms with van der Waals surface area (Å²) in [6.45, 7) is 4.89. The van der Waals surface area contributed by atoms with E-state index in [9.17, 15) is 17.6 Å². The molecule has 0 saturated heterocycles. The zero-order chi connectivity index (χ0) is 29.5. The highest BCUT2D eigenvalue weighted by atomic mass is 19.4. The number of anilines is 2. The van der Waals surface area contributed by atoms with E-state index in [1.165, 1.54) is 0 Å². The first-order valence-electron chi connectivity index (χ1n) is 13.2. The summed E-state index contributed by atoms with van der Waals surface area (Å²) in [6.07, 6.45) is -3.22. The number of nitrogens with two attached hydrogens (primary N) is 1. The maximum Gasteiger partial charge on any atom is 0.417 e. The van der Waals surface area contributed by atoms with Gasteiger partial charge in [0.25, 0.3) is 0 Å². The van der Waals surface area contributed by atoms with Gasteiger partial charge in [-0.25, -0.2) is 13.8 Å². The molecule has 1 aliphatic heterocycles. The molecule has 4 N–H and O–H groups in total. The molecule has 41 heavy (non-hydrogen) atoms. The van der Waals surface area contributed by atoms with Crippen LogP contribution < -0.4 is 25.8 Å². The second-order valence-corrected chi connectivity index (χ2v) is 10.6. The third kappa shape index (κ3) is 5.80. The Labute approximate surface area is 233 Å². The lowest BCUT2D eigenvalue weighted by Gasteiger charge is -2.21. The van der Waals surface area contributed by atoms with Gasteiger partial charge in [0, 0.05) is 31.2 Å². The second kappa shape index (κ2) is 11.0. The minimum Gasteiger partial charge on any atom is -0.474 e. The van der Waals surface area contributed by atoms with Crippen LogP contribution in [0.5, 0.6) is 11.9 Å². The monoisotopic (exact) mass is 582 g/mol. The molecule has 0 spiro atoms. The van der Waals surface area contributed by atoms with E-state index in [4.69, 9.17) is 19.9 Å². The number of alkyl halides is 3. The molecule has 1 aromatic carbocycles. The number of rotatable bonds is 6. The molecule has 3 aromatic rings. The number of nitrogens with one attached hydrogen (secondary N) is 2. The number of nitrogens with zero attached hydrogens (tertiary/aromatic N) is 3. The van der Waals surface area contributed by atoms with Gasteiger partial charge in [0.1, 0.15) is 28.2 Å². The molecule has 1 saturated carbocycles. The van der Waals surface area contributed by atoms with Gasteiger partial charge in [0.2, 0.25) is 5.88 Å². The number of nitrogen functional groups attached to an aromatic ring is 1. The number of halogens is 5. The van der Waals surface area contributed by atoms with Crippen LogP contribution in [0.1, 0.15) is 37.3 Å². The van der Waals surface area contributed by atoms with Gasteiger partial charge in [0.05, 0.1) is 30.6 Å². The van der Waals surface area contributed by atoms with Gasteiger partial charge in [0.15, 0.2) is 5.82 Å². The first-order valence-corrected chi connectivity index (χ1v) is 13.2. The molecule has 0 amide bonds. The van der Waals surface area contributed by atoms with Crippen LogP contribution in [-0.2, 0) is 10.9 Å². The van der Waals surface area contributed by atoms with Gasteiger partial charge in [-0.3, -0.25) is 0 Å². The van der Waals surface area contributed by atoms with E-state index >= 15 is 4.39 Å². The molecular weight excluding hydrogens is 551 g/mol. The van der Waals surface area contributed by atoms with Gasteiger partial charge < -0.3 is 30.6 Å². The predicted molar refractivity (Wildman–Crippen MR) is 142 cm³/mol. The van der Waals surface area contributed by atoms with Crippen molar-refractivity contribution in [2.75, 3.05) is 51.0 Å². The summed E-state index contributed by atoms with van der Waals surface area (Å²) in [6, 6.07) is 0.554. The van der Waals surface area contributed by atoms with E-state index < -0.39 is 52.0 Å². The Hall–Kier alpha value is -3.52. The molecule has 222 valence electrons. The van der Waals surface area contributed by atoms with Crippen LogP contribution in [0.2, 0.25) is 0 Å². The molecule has 3 heterocycles. The van der Waals surface area contributed by atoms with Gasteiger partial charge in [-0.1, -0.05) is 0 Å². The van der Waals surface area contributed by atoms with E-state index in [0.717, 1.165) is 25.8 Å². The fourth-order valence-electron chi connectivity index (χ4n) is 4.93. The highest BCUT2D eigenvalue weighted by molar-refractivity contribution is 5.96. The van der Waals surface area contributed by atoms with Crippen molar-refractivity contribution in [1.29, 1.82) is 0 Å². The first-order chi connectivity index (χ1) is 19.4. The van der Waals surface area contributed by atoms with Crippen molar-refractivity contribution in [1.82, 2.24) is 20.3 Å². The van der Waals surface area contributed by atoms with Crippen molar-refractivity contribution < 1.29 is 36.2 Å². The average molecular weight is 583 g/mol. The van der Waals surface area contributed by atoms with Gasteiger partial charge in [-0.15, -0.1) is 0 Å². The van der Waals surface area contributed by atoms with Crippen molar-refractivity contribution in [3.63, 3.8) is 0 Å². The number of benzene rings is 1. The Morgan fingerprint density at radius 2 is 1.85 bits per heavy atom. The summed E-state index contributed by atoms with van der Waals surface area (Å²) in [5, 5.41) is 6.40. The van der Waals surface area contributed by atoms with Crippen molar-refractivity contribution >= 4 is 22.4 Å². The highest BCUT2D eigenvalue weighted by Crippen LogP contribution is 2.47. The summed E-state index contributed by atoms with van der Waals surface area (Å²) < 4.78 is 90.7. The minimum atomic E-state index is -5.04. The summed E-state index contributed by atoms with van der Waals surface area (Å²) in [5.41, 5.74) is 0.919. The van der Waals surface area contributed by atoms with Crippen molar-refractivity contribution in [3.05, 3.63) is 28.8 Å². The molecule has 14 heteroatoms. The van der Waals surface area contributed by atoms with Crippen LogP contribution >= 0.6 is 0 Å². The Balaban J connectivity index is 1.75. The topological polar surface area (TPSA) is 116 Å². The van der Waals surface area contributed by atoms with Crippen LogP contribution in [0, 0.1) is 24.0 Å². The van der Waals surface area contributed by atoms with Crippen LogP contribution in [-0.4, -0.2) is 61.0 Å². The van der Waals surface area contributed by atoms with Gasteiger partial charge in [-0.05, 0) is 51.3 Å². The summed E-state index contributed by atoms with van der Waals surface area (Å²) >= 11 is 0. The third-order valence-corrected chi connectivity index (χ3v) is 7.35. The number of pyridine rings is 1. The van der Waals surface area contributed by atoms with Crippen LogP contribution in [0.25, 0.3) is 22.2 Å². The molecule has 9 nitrogen and oxygen atoms in total. The van der Waals surface area contributed by atoms with Crippen molar-refractivity contribution in [2.45, 2.75) is 45.4 Å². The fourth-order valence-corrected chi connectivity index (χ4v) is 4.93. The zero-order valence-electron chi connectivity index (χ0n) is 22.8. The Morgan fingerprint density at radius 1 is 1.10 bits per heavy atom. The van der Waals surface area contributed by atoms with Crippen LogP contribution in [0.15, 0.2) is 6.07 Å². The maximum atomic E-state index is 16.4. The predicted octanol–water partition coefficient (Wildman–Crippen LogP) is 4.86. The SMILES string of the molecule is COCC1(COc2nc3c4c(nc(-c5cc(N)c(F)c(C)c5C(F)(F)F)c(F)c4n2)OC(C)CCNCCN3)CC1. The smallest absolute Gasteiger partial charge is 0.417 e. The van der Waals surface area contributed by atoms with Crippen LogP contribution in [0.3, 0.4) is 0 Å². The van der Waals surface area contributed by atoms with Crippen molar-refractivity contribution in [2.24, 2.45) is 5.41 Å². The zero-order valence-corrected chi connectivity index (χ0v) is 22.8. The minimum absolute atomic E-state index is 0.0470. The third-order valence-electron chi connectivity index (χ3n) is 7.35. The molecule has 1 unspecified atom stereocenters. The number of hydrogen-bond acceptors (Lipinski definition) is 9. The largest absolute Gasteiger partial charge is 0.474 e. The standard InChI is InChI=1S/C27H31F5N6O3/c1-13-4-7-34-8-9-35-23-17-22(37-25(38-23)40-12-26(5-6-26)11-39-3)20(29)21(36-24(17)41-13)15-10-16(33)19(28)14(2)18(15)27(30,31)32/h10,13,34H,4-9,11-12,33H2,1-3H3,(H,35,37,38). The second-order valence-electron chi connectivity index (χ2n) is 10.6. The fraction of sp³-hybridized carbons (Fsp3) is 0.519. The van der Waals surface area contributed by atoms with E-state index in [2.05, 4.69) is 25.6 Å². The number of hydrogen-bond donors (Lipinski definition) is 3. The number of aromatic nitrogens is 3. The van der Waals surface area contributed by atoms with Gasteiger partial charge >= 0.3 is 12.2 Å². The Bertz CT molecular complexity index is 1460. The molecule has 1 aliphatic carbocycles. The Morgan fingerprint density at radius 3 is 2.54 bits per heavy atom. The molecule has 5 rings (SSSR count). The number of ether oxygens (including phenoxy) is 3. The van der Waals surface area contributed by atoms with E-state index in [-0.39, 0.29) is 40.6 Å². The quantitative estimate of drug-likeness (QED) is 0.277. The summed E-state index contributed by atoms with van der Waals surface area (Å²) in [4.78, 5) is 12.9. The average Bonchev–Trinajstić information content (AvgIpc) is 3.68. The van der Waals surface area contributed by atoms with E-state index in [1.807, 2.05) is 0 Å². The molecule has 2 aromatic heterocycles. The summed E-state index contributed by atoms with van der Waals surface area (Å²) in [7, 11) is 1.58. The molecule has 2 aliphatic rings. The summed E-state index contributed by atoms with van der Waals surface area (Å²) in [5.74, 6) is -2.45. The first kappa shape index (κ1) is 29.0. The lowest BCUT2D eigenvalue weighted by molar-refractivity contribution is -0.137. The number of methoxy groups -OCH3 is 1. The molecule has 1 atom stereocenters. The van der Waals surface area contributed by atoms with Gasteiger partial charge in [-0.2, -0.15) is 23.1 Å². The highest BCUT2D eigenvalue weighted by Gasteiger charge is 2.44. The molecule has 0 bridgehead atoms. The van der Waals surface area contributed by atoms with E-state index in [1.54, 1.807) is 14.0 Å².